The van der Waals surface area contributed by atoms with Crippen molar-refractivity contribution < 1.29 is 0 Å². The van der Waals surface area contributed by atoms with E-state index in [4.69, 9.17) is 4.98 Å². The number of hydrogen-bond donors (Lipinski definition) is 3. The first kappa shape index (κ1) is 21.3. The zero-order chi connectivity index (χ0) is 23.1. The van der Waals surface area contributed by atoms with Gasteiger partial charge in [-0.1, -0.05) is 48.5 Å². The highest BCUT2D eigenvalue weighted by Crippen LogP contribution is 2.33. The summed E-state index contributed by atoms with van der Waals surface area (Å²) in [7, 11) is 2.19. The number of benzene rings is 2. The van der Waals surface area contributed by atoms with Crippen molar-refractivity contribution >= 4 is 0 Å². The fourth-order valence-corrected chi connectivity index (χ4v) is 5.42. The summed E-state index contributed by atoms with van der Waals surface area (Å²) < 4.78 is 0. The van der Waals surface area contributed by atoms with Gasteiger partial charge in [0, 0.05) is 11.3 Å². The van der Waals surface area contributed by atoms with Gasteiger partial charge in [0.15, 0.2) is 0 Å². The molecule has 4 heterocycles. The Morgan fingerprint density at radius 1 is 0.824 bits per heavy atom. The molecule has 6 heteroatoms. The van der Waals surface area contributed by atoms with Crippen LogP contribution in [0.3, 0.4) is 0 Å². The van der Waals surface area contributed by atoms with E-state index in [0.29, 0.717) is 12.1 Å². The molecule has 2 atom stereocenters. The first-order valence-corrected chi connectivity index (χ1v) is 12.4. The maximum Gasteiger partial charge on any atom is 0.124 e. The Morgan fingerprint density at radius 2 is 1.53 bits per heavy atom. The van der Waals surface area contributed by atoms with Crippen LogP contribution >= 0.6 is 0 Å². The summed E-state index contributed by atoms with van der Waals surface area (Å²) in [5, 5.41) is 3.50. The van der Waals surface area contributed by atoms with Crippen LogP contribution < -0.4 is 5.32 Å². The van der Waals surface area contributed by atoms with E-state index in [1.165, 1.54) is 30.4 Å². The van der Waals surface area contributed by atoms with Gasteiger partial charge in [0.2, 0.25) is 0 Å². The van der Waals surface area contributed by atoms with Crippen molar-refractivity contribution in [1.82, 2.24) is 30.2 Å². The van der Waals surface area contributed by atoms with E-state index in [1.807, 2.05) is 6.20 Å². The molecule has 0 amide bonds. The molecular weight excluding hydrogens is 420 g/mol. The number of nitrogens with zero attached hydrogens (tertiary/aromatic N) is 3. The predicted octanol–water partition coefficient (Wildman–Crippen LogP) is 5.63. The summed E-state index contributed by atoms with van der Waals surface area (Å²) in [5.74, 6) is 2.14. The Balaban J connectivity index is 1.19. The standard InChI is InChI=1S/C28H32N6/c1-18-26(33-28(31-18)25-6-4-16-34(25)2)22-13-9-20(10-14-22)19-7-11-21(12-8-19)24-17-30-27(32-24)23-5-3-15-29-23/h7-14,17,23,25,29H,3-6,15-16H2,1-2H3,(H,30,32)(H,31,33)/t23-,25-/m0/s1. The Hall–Kier alpha value is -3.22. The number of imidazole rings is 2. The molecule has 2 saturated heterocycles. The van der Waals surface area contributed by atoms with Crippen molar-refractivity contribution in [3.8, 4) is 33.6 Å². The second-order valence-electron chi connectivity index (χ2n) is 9.72. The van der Waals surface area contributed by atoms with Gasteiger partial charge in [0.25, 0.3) is 0 Å². The molecule has 4 aromatic rings. The maximum absolute atomic E-state index is 4.98. The quantitative estimate of drug-likeness (QED) is 0.367. The van der Waals surface area contributed by atoms with E-state index in [-0.39, 0.29) is 0 Å². The van der Waals surface area contributed by atoms with Crippen LogP contribution in [0, 0.1) is 6.92 Å². The summed E-state index contributed by atoms with van der Waals surface area (Å²) >= 11 is 0. The minimum atomic E-state index is 0.361. The molecule has 2 aromatic carbocycles. The zero-order valence-electron chi connectivity index (χ0n) is 19.9. The molecule has 0 saturated carbocycles. The highest BCUT2D eigenvalue weighted by Gasteiger charge is 2.26. The molecule has 2 aromatic heterocycles. The summed E-state index contributed by atoms with van der Waals surface area (Å²) in [6.45, 7) is 4.34. The number of nitrogens with one attached hydrogen (secondary N) is 3. The largest absolute Gasteiger partial charge is 0.344 e. The Labute approximate surface area is 200 Å². The summed E-state index contributed by atoms with van der Waals surface area (Å²) in [6, 6.07) is 18.2. The van der Waals surface area contributed by atoms with Crippen molar-refractivity contribution in [1.29, 1.82) is 0 Å². The van der Waals surface area contributed by atoms with Crippen LogP contribution in [-0.2, 0) is 0 Å². The molecule has 3 N–H and O–H groups in total. The Bertz CT molecular complexity index is 1260. The first-order valence-electron chi connectivity index (χ1n) is 12.4. The second-order valence-corrected chi connectivity index (χ2v) is 9.72. The number of aryl methyl sites for hydroxylation is 1. The van der Waals surface area contributed by atoms with Crippen LogP contribution in [0.25, 0.3) is 33.6 Å². The molecule has 2 aliphatic heterocycles. The normalized spacial score (nSPS) is 20.9. The highest BCUT2D eigenvalue weighted by atomic mass is 15.2. The van der Waals surface area contributed by atoms with Crippen molar-refractivity contribution in [3.63, 3.8) is 0 Å². The number of aromatic amines is 2. The number of rotatable bonds is 5. The average Bonchev–Trinajstić information content (AvgIpc) is 3.66. The lowest BCUT2D eigenvalue weighted by Crippen LogP contribution is -2.18. The van der Waals surface area contributed by atoms with Crippen LogP contribution in [0.2, 0.25) is 0 Å². The third-order valence-electron chi connectivity index (χ3n) is 7.41. The molecule has 6 nitrogen and oxygen atoms in total. The molecule has 6 rings (SSSR count). The topological polar surface area (TPSA) is 72.6 Å². The Kier molecular flexibility index (Phi) is 5.55. The molecule has 2 fully saturated rings. The first-order chi connectivity index (χ1) is 16.7. The minimum absolute atomic E-state index is 0.361. The summed E-state index contributed by atoms with van der Waals surface area (Å²) in [5.41, 5.74) is 8.01. The van der Waals surface area contributed by atoms with Crippen LogP contribution in [0.5, 0.6) is 0 Å². The van der Waals surface area contributed by atoms with Crippen molar-refractivity contribution in [2.75, 3.05) is 20.1 Å². The number of hydrogen-bond acceptors (Lipinski definition) is 4. The lowest BCUT2D eigenvalue weighted by atomic mass is 10.0. The molecule has 0 radical (unpaired) electrons. The van der Waals surface area contributed by atoms with Gasteiger partial charge in [-0.05, 0) is 69.4 Å². The minimum Gasteiger partial charge on any atom is -0.344 e. The Morgan fingerprint density at radius 3 is 2.18 bits per heavy atom. The lowest BCUT2D eigenvalue weighted by Gasteiger charge is -2.16. The van der Waals surface area contributed by atoms with Crippen molar-refractivity contribution in [2.24, 2.45) is 0 Å². The van der Waals surface area contributed by atoms with Crippen LogP contribution in [0.15, 0.2) is 54.7 Å². The fourth-order valence-electron chi connectivity index (χ4n) is 5.42. The lowest BCUT2D eigenvalue weighted by molar-refractivity contribution is 0.307. The highest BCUT2D eigenvalue weighted by molar-refractivity contribution is 5.72. The van der Waals surface area contributed by atoms with E-state index in [1.54, 1.807) is 0 Å². The monoisotopic (exact) mass is 452 g/mol. The molecular formula is C28H32N6. The molecule has 34 heavy (non-hydrogen) atoms. The third-order valence-corrected chi connectivity index (χ3v) is 7.41. The predicted molar refractivity (Wildman–Crippen MR) is 136 cm³/mol. The van der Waals surface area contributed by atoms with E-state index >= 15 is 0 Å². The third kappa shape index (κ3) is 3.97. The summed E-state index contributed by atoms with van der Waals surface area (Å²) in [4.78, 5) is 19.0. The number of aromatic nitrogens is 4. The molecule has 0 bridgehead atoms. The van der Waals surface area contributed by atoms with Gasteiger partial charge in [0.1, 0.15) is 11.6 Å². The van der Waals surface area contributed by atoms with Gasteiger partial charge in [0.05, 0.1) is 29.7 Å². The molecule has 174 valence electrons. The van der Waals surface area contributed by atoms with Gasteiger partial charge >= 0.3 is 0 Å². The van der Waals surface area contributed by atoms with Crippen LogP contribution in [0.4, 0.5) is 0 Å². The fraction of sp³-hybridized carbons (Fsp3) is 0.357. The zero-order valence-corrected chi connectivity index (χ0v) is 19.9. The second kappa shape index (κ2) is 8.85. The van der Waals surface area contributed by atoms with E-state index in [9.17, 15) is 0 Å². The van der Waals surface area contributed by atoms with Crippen molar-refractivity contribution in [3.05, 3.63) is 72.1 Å². The van der Waals surface area contributed by atoms with E-state index < -0.39 is 0 Å². The molecule has 0 aliphatic carbocycles. The van der Waals surface area contributed by atoms with Gasteiger partial charge < -0.3 is 15.3 Å². The van der Waals surface area contributed by atoms with Crippen LogP contribution in [0.1, 0.15) is 55.1 Å². The van der Waals surface area contributed by atoms with Crippen LogP contribution in [-0.4, -0.2) is 45.0 Å². The molecule has 0 spiro atoms. The van der Waals surface area contributed by atoms with Gasteiger partial charge in [-0.15, -0.1) is 0 Å². The summed E-state index contributed by atoms with van der Waals surface area (Å²) in [6.07, 6.45) is 6.73. The van der Waals surface area contributed by atoms with Crippen molar-refractivity contribution in [2.45, 2.75) is 44.7 Å². The number of H-pyrrole nitrogens is 2. The molecule has 2 aliphatic rings. The van der Waals surface area contributed by atoms with E-state index in [0.717, 1.165) is 59.4 Å². The van der Waals surface area contributed by atoms with Gasteiger partial charge in [-0.2, -0.15) is 0 Å². The number of likely N-dealkylation sites (tertiary alicyclic amines) is 1. The van der Waals surface area contributed by atoms with Gasteiger partial charge in [-0.25, -0.2) is 9.97 Å². The maximum atomic E-state index is 4.98. The van der Waals surface area contributed by atoms with E-state index in [2.05, 4.69) is 87.7 Å². The average molecular weight is 453 g/mol. The SMILES string of the molecule is Cc1[nH]c([C@@H]2CCCN2C)nc1-c1ccc(-c2ccc(-c3cnc([C@@H]4CCCN4)[nH]3)cc2)cc1. The van der Waals surface area contributed by atoms with Gasteiger partial charge in [-0.3, -0.25) is 4.90 Å². The smallest absolute Gasteiger partial charge is 0.124 e. The molecule has 0 unspecified atom stereocenters.